The maximum atomic E-state index is 11.8. The van der Waals surface area contributed by atoms with Crippen molar-refractivity contribution in [2.24, 2.45) is 5.92 Å². The van der Waals surface area contributed by atoms with Gasteiger partial charge in [0, 0.05) is 23.6 Å². The Morgan fingerprint density at radius 3 is 2.91 bits per heavy atom. The number of piperidine rings is 1. The van der Waals surface area contributed by atoms with Gasteiger partial charge in [0.2, 0.25) is 5.91 Å². The lowest BCUT2D eigenvalue weighted by molar-refractivity contribution is -0.116. The lowest BCUT2D eigenvalue weighted by atomic mass is 10.0. The minimum absolute atomic E-state index is 0.0186. The number of halogens is 1. The van der Waals surface area contributed by atoms with Crippen molar-refractivity contribution in [3.63, 3.8) is 0 Å². The van der Waals surface area contributed by atoms with E-state index in [1.807, 2.05) is 30.3 Å². The van der Waals surface area contributed by atoms with Crippen molar-refractivity contribution >= 4 is 27.9 Å². The molecule has 2 rings (SSSR count). The van der Waals surface area contributed by atoms with Crippen molar-refractivity contribution in [3.8, 4) is 0 Å². The van der Waals surface area contributed by atoms with Gasteiger partial charge < -0.3 is 10.2 Å². The van der Waals surface area contributed by atoms with E-state index < -0.39 is 0 Å². The second-order valence-corrected chi connectivity index (χ2v) is 6.99. The zero-order valence-corrected chi connectivity index (χ0v) is 14.8. The van der Waals surface area contributed by atoms with Crippen LogP contribution in [0, 0.1) is 5.92 Å². The topological polar surface area (TPSA) is 32.3 Å². The molecule has 22 heavy (non-hydrogen) atoms. The average Bonchev–Trinajstić information content (AvgIpc) is 2.51. The van der Waals surface area contributed by atoms with Gasteiger partial charge in [0.15, 0.2) is 0 Å². The molecule has 0 bridgehead atoms. The van der Waals surface area contributed by atoms with Gasteiger partial charge in [0.25, 0.3) is 0 Å². The van der Waals surface area contributed by atoms with E-state index in [2.05, 4.69) is 33.1 Å². The summed E-state index contributed by atoms with van der Waals surface area (Å²) in [6.45, 7) is 6.56. The molecule has 1 aromatic rings. The zero-order valence-electron chi connectivity index (χ0n) is 13.2. The maximum absolute atomic E-state index is 11.8. The van der Waals surface area contributed by atoms with Crippen LogP contribution in [-0.4, -0.2) is 37.0 Å². The van der Waals surface area contributed by atoms with Gasteiger partial charge in [-0.2, -0.15) is 0 Å². The number of hydrogen-bond donors (Lipinski definition) is 1. The quantitative estimate of drug-likeness (QED) is 0.616. The third-order valence-corrected chi connectivity index (χ3v) is 4.52. The molecule has 1 atom stereocenters. The number of amides is 1. The number of rotatable bonds is 6. The second kappa shape index (κ2) is 9.11. The molecule has 1 amide bonds. The Balaban J connectivity index is 1.62. The Labute approximate surface area is 141 Å². The average molecular weight is 365 g/mol. The molecule has 4 heteroatoms. The van der Waals surface area contributed by atoms with Gasteiger partial charge in [-0.3, -0.25) is 4.79 Å². The summed E-state index contributed by atoms with van der Waals surface area (Å²) in [5.74, 6) is 0.798. The van der Waals surface area contributed by atoms with Crippen molar-refractivity contribution in [2.45, 2.75) is 26.2 Å². The molecule has 0 aromatic heterocycles. The molecule has 1 aromatic carbocycles. The Bertz CT molecular complexity index is 498. The zero-order chi connectivity index (χ0) is 15.8. The molecule has 1 fully saturated rings. The lowest BCUT2D eigenvalue weighted by Gasteiger charge is -2.30. The summed E-state index contributed by atoms with van der Waals surface area (Å²) >= 11 is 3.40. The van der Waals surface area contributed by atoms with Crippen LogP contribution in [0.1, 0.15) is 31.7 Å². The largest absolute Gasteiger partial charge is 0.353 e. The van der Waals surface area contributed by atoms with E-state index in [-0.39, 0.29) is 5.91 Å². The van der Waals surface area contributed by atoms with Gasteiger partial charge in [-0.25, -0.2) is 0 Å². The molecule has 1 N–H and O–H groups in total. The number of hydrogen-bond acceptors (Lipinski definition) is 2. The Morgan fingerprint density at radius 2 is 2.18 bits per heavy atom. The number of nitrogens with one attached hydrogen (secondary N) is 1. The summed E-state index contributed by atoms with van der Waals surface area (Å²) in [5.41, 5.74) is 1.03. The highest BCUT2D eigenvalue weighted by atomic mass is 79.9. The van der Waals surface area contributed by atoms with Crippen LogP contribution < -0.4 is 5.32 Å². The van der Waals surface area contributed by atoms with Crippen molar-refractivity contribution < 1.29 is 4.79 Å². The van der Waals surface area contributed by atoms with Crippen molar-refractivity contribution in [2.75, 3.05) is 26.2 Å². The van der Waals surface area contributed by atoms with Crippen molar-refractivity contribution in [3.05, 3.63) is 40.4 Å². The summed E-state index contributed by atoms with van der Waals surface area (Å²) in [6.07, 6.45) is 7.13. The predicted molar refractivity (Wildman–Crippen MR) is 95.6 cm³/mol. The molecule has 0 aliphatic carbocycles. The molecule has 1 heterocycles. The number of carbonyl (C=O) groups is 1. The second-order valence-electron chi connectivity index (χ2n) is 6.08. The predicted octanol–water partition coefficient (Wildman–Crippen LogP) is 3.70. The van der Waals surface area contributed by atoms with E-state index in [4.69, 9.17) is 0 Å². The molecular weight excluding hydrogens is 340 g/mol. The van der Waals surface area contributed by atoms with E-state index in [0.717, 1.165) is 35.5 Å². The maximum Gasteiger partial charge on any atom is 0.243 e. The van der Waals surface area contributed by atoms with Crippen LogP contribution in [0.5, 0.6) is 0 Å². The standard InChI is InChI=1S/C18H25BrN2O/c1-15-4-2-12-21(14-15)13-3-11-20-18(22)10-7-16-5-8-17(19)9-6-16/h5-10,15H,2-4,11-14H2,1H3,(H,20,22). The summed E-state index contributed by atoms with van der Waals surface area (Å²) in [6, 6.07) is 7.89. The molecule has 0 saturated carbocycles. The van der Waals surface area contributed by atoms with Gasteiger partial charge in [0.05, 0.1) is 0 Å². The van der Waals surface area contributed by atoms with Gasteiger partial charge in [-0.05, 0) is 62.0 Å². The highest BCUT2D eigenvalue weighted by Gasteiger charge is 2.15. The first-order chi connectivity index (χ1) is 10.6. The Morgan fingerprint density at radius 1 is 1.41 bits per heavy atom. The highest BCUT2D eigenvalue weighted by molar-refractivity contribution is 9.10. The van der Waals surface area contributed by atoms with E-state index in [0.29, 0.717) is 0 Å². The summed E-state index contributed by atoms with van der Waals surface area (Å²) in [5, 5.41) is 2.95. The fraction of sp³-hybridized carbons (Fsp3) is 0.500. The fourth-order valence-electron chi connectivity index (χ4n) is 2.81. The van der Waals surface area contributed by atoms with Gasteiger partial charge in [0.1, 0.15) is 0 Å². The number of likely N-dealkylation sites (tertiary alicyclic amines) is 1. The van der Waals surface area contributed by atoms with Crippen LogP contribution in [0.3, 0.4) is 0 Å². The molecule has 1 aliphatic heterocycles. The van der Waals surface area contributed by atoms with E-state index in [1.165, 1.54) is 25.9 Å². The van der Waals surface area contributed by atoms with Crippen molar-refractivity contribution in [1.29, 1.82) is 0 Å². The smallest absolute Gasteiger partial charge is 0.243 e. The molecule has 3 nitrogen and oxygen atoms in total. The van der Waals surface area contributed by atoms with Crippen LogP contribution >= 0.6 is 15.9 Å². The summed E-state index contributed by atoms with van der Waals surface area (Å²) < 4.78 is 1.04. The van der Waals surface area contributed by atoms with Crippen molar-refractivity contribution in [1.82, 2.24) is 10.2 Å². The van der Waals surface area contributed by atoms with Gasteiger partial charge in [-0.15, -0.1) is 0 Å². The highest BCUT2D eigenvalue weighted by Crippen LogP contribution is 2.15. The van der Waals surface area contributed by atoms with E-state index >= 15 is 0 Å². The Kier molecular flexibility index (Phi) is 7.13. The van der Waals surface area contributed by atoms with E-state index in [1.54, 1.807) is 6.08 Å². The molecular formula is C18H25BrN2O. The molecule has 120 valence electrons. The molecule has 1 unspecified atom stereocenters. The lowest BCUT2D eigenvalue weighted by Crippen LogP contribution is -2.36. The molecule has 1 aliphatic rings. The third kappa shape index (κ3) is 6.32. The normalized spacial score (nSPS) is 19.5. The first kappa shape index (κ1) is 17.2. The van der Waals surface area contributed by atoms with Crippen LogP contribution in [0.15, 0.2) is 34.8 Å². The first-order valence-corrected chi connectivity index (χ1v) is 8.86. The minimum Gasteiger partial charge on any atom is -0.353 e. The minimum atomic E-state index is -0.0186. The summed E-state index contributed by atoms with van der Waals surface area (Å²) in [7, 11) is 0. The monoisotopic (exact) mass is 364 g/mol. The molecule has 1 saturated heterocycles. The molecule has 0 radical (unpaired) electrons. The Hall–Kier alpha value is -1.13. The van der Waals surface area contributed by atoms with Gasteiger partial charge in [-0.1, -0.05) is 35.0 Å². The number of nitrogens with zero attached hydrogens (tertiary/aromatic N) is 1. The van der Waals surface area contributed by atoms with E-state index in [9.17, 15) is 4.79 Å². The number of benzene rings is 1. The van der Waals surface area contributed by atoms with Crippen LogP contribution in [0.4, 0.5) is 0 Å². The third-order valence-electron chi connectivity index (χ3n) is 3.99. The first-order valence-electron chi connectivity index (χ1n) is 8.07. The SMILES string of the molecule is CC1CCCN(CCCNC(=O)C=Cc2ccc(Br)cc2)C1. The molecule has 0 spiro atoms. The van der Waals surface area contributed by atoms with Gasteiger partial charge >= 0.3 is 0 Å². The van der Waals surface area contributed by atoms with Crippen LogP contribution in [-0.2, 0) is 4.79 Å². The van der Waals surface area contributed by atoms with Crippen LogP contribution in [0.2, 0.25) is 0 Å². The van der Waals surface area contributed by atoms with Crippen LogP contribution in [0.25, 0.3) is 6.08 Å². The fourth-order valence-corrected chi connectivity index (χ4v) is 3.07. The number of carbonyl (C=O) groups excluding carboxylic acids is 1. The summed E-state index contributed by atoms with van der Waals surface area (Å²) in [4.78, 5) is 14.3.